The lowest BCUT2D eigenvalue weighted by atomic mass is 10.2. The minimum Gasteiger partial charge on any atom is -0.418 e. The fourth-order valence-electron chi connectivity index (χ4n) is 1.34. The summed E-state index contributed by atoms with van der Waals surface area (Å²) < 4.78 is 17.7. The van der Waals surface area contributed by atoms with E-state index in [0.29, 0.717) is 11.5 Å². The van der Waals surface area contributed by atoms with Crippen molar-refractivity contribution >= 4 is 17.1 Å². The van der Waals surface area contributed by atoms with Crippen LogP contribution < -0.4 is 4.74 Å². The first-order valence-electron chi connectivity index (χ1n) is 5.38. The summed E-state index contributed by atoms with van der Waals surface area (Å²) in [7, 11) is 0. The number of halogens is 1. The van der Waals surface area contributed by atoms with Crippen LogP contribution in [0.2, 0.25) is 0 Å². The molecule has 0 unspecified atom stereocenters. The molecule has 0 bridgehead atoms. The topological polar surface area (TPSA) is 26.3 Å². The maximum atomic E-state index is 12.6. The van der Waals surface area contributed by atoms with E-state index in [2.05, 4.69) is 0 Å². The van der Waals surface area contributed by atoms with Crippen LogP contribution in [0.1, 0.15) is 5.56 Å². The molecule has 0 aliphatic carbocycles. The van der Waals surface area contributed by atoms with Crippen LogP contribution in [0, 0.1) is 5.82 Å². The van der Waals surface area contributed by atoms with Crippen molar-refractivity contribution in [1.82, 2.24) is 0 Å². The van der Waals surface area contributed by atoms with Gasteiger partial charge < -0.3 is 4.74 Å². The first kappa shape index (κ1) is 12.6. The molecule has 2 aromatic rings. The van der Waals surface area contributed by atoms with Crippen molar-refractivity contribution in [3.8, 4) is 5.75 Å². The van der Waals surface area contributed by atoms with Crippen LogP contribution in [0.15, 0.2) is 54.6 Å². The zero-order valence-electron chi connectivity index (χ0n) is 9.51. The van der Waals surface area contributed by atoms with Gasteiger partial charge in [0.15, 0.2) is 0 Å². The van der Waals surface area contributed by atoms with Crippen LogP contribution in [0.5, 0.6) is 5.75 Å². The Bertz CT molecular complexity index is 511. The van der Waals surface area contributed by atoms with Crippen LogP contribution in [0.25, 0.3) is 0 Å². The lowest BCUT2D eigenvalue weighted by Crippen LogP contribution is -2.01. The second kappa shape index (κ2) is 6.21. The Morgan fingerprint density at radius 3 is 2.39 bits per heavy atom. The fraction of sp³-hybridized carbons (Fsp3) is 0.0714. The molecule has 0 N–H and O–H groups in total. The molecule has 0 amide bonds. The lowest BCUT2D eigenvalue weighted by molar-refractivity contribution is 0.227. The highest BCUT2D eigenvalue weighted by Crippen LogP contribution is 2.18. The van der Waals surface area contributed by atoms with Crippen molar-refractivity contribution in [2.75, 3.05) is 0 Å². The van der Waals surface area contributed by atoms with Gasteiger partial charge in [-0.15, -0.1) is 0 Å². The van der Waals surface area contributed by atoms with E-state index in [-0.39, 0.29) is 5.82 Å². The van der Waals surface area contributed by atoms with E-state index in [0.717, 1.165) is 17.3 Å². The quantitative estimate of drug-likeness (QED) is 0.773. The zero-order chi connectivity index (χ0) is 12.8. The number of benzene rings is 2. The second-order valence-electron chi connectivity index (χ2n) is 3.58. The van der Waals surface area contributed by atoms with Gasteiger partial charge >= 0.3 is 5.30 Å². The molecule has 0 spiro atoms. The summed E-state index contributed by atoms with van der Waals surface area (Å²) in [6, 6.07) is 15.0. The maximum Gasteiger partial charge on any atom is 0.373 e. The molecule has 2 rings (SSSR count). The largest absolute Gasteiger partial charge is 0.418 e. The molecule has 0 radical (unpaired) electrons. The van der Waals surface area contributed by atoms with Crippen LogP contribution in [-0.4, -0.2) is 5.30 Å². The molecule has 18 heavy (non-hydrogen) atoms. The van der Waals surface area contributed by atoms with Crippen LogP contribution in [0.3, 0.4) is 0 Å². The molecule has 2 aromatic carbocycles. The van der Waals surface area contributed by atoms with Gasteiger partial charge in [-0.1, -0.05) is 30.3 Å². The zero-order valence-corrected chi connectivity index (χ0v) is 10.3. The third kappa shape index (κ3) is 3.89. The highest BCUT2D eigenvalue weighted by molar-refractivity contribution is 8.12. The molecule has 0 aliphatic heterocycles. The normalized spacial score (nSPS) is 10.1. The average Bonchev–Trinajstić information content (AvgIpc) is 2.40. The molecular formula is C14H11FO2S. The minimum atomic E-state index is -0.398. The summed E-state index contributed by atoms with van der Waals surface area (Å²) in [4.78, 5) is 11.5. The number of ether oxygens (including phenoxy) is 1. The van der Waals surface area contributed by atoms with E-state index in [9.17, 15) is 9.18 Å². The van der Waals surface area contributed by atoms with E-state index < -0.39 is 5.30 Å². The van der Waals surface area contributed by atoms with Crippen LogP contribution >= 0.6 is 11.8 Å². The van der Waals surface area contributed by atoms with Crippen molar-refractivity contribution in [2.24, 2.45) is 0 Å². The lowest BCUT2D eigenvalue weighted by Gasteiger charge is -2.03. The van der Waals surface area contributed by atoms with E-state index >= 15 is 0 Å². The molecule has 0 saturated heterocycles. The molecule has 92 valence electrons. The van der Waals surface area contributed by atoms with Crippen molar-refractivity contribution in [1.29, 1.82) is 0 Å². The number of carbonyl (C=O) groups is 1. The monoisotopic (exact) mass is 262 g/mol. The Hall–Kier alpha value is -1.81. The van der Waals surface area contributed by atoms with Crippen molar-refractivity contribution in [3.63, 3.8) is 0 Å². The fourth-order valence-corrected chi connectivity index (χ4v) is 1.98. The Morgan fingerprint density at radius 2 is 1.72 bits per heavy atom. The van der Waals surface area contributed by atoms with Gasteiger partial charge in [0.25, 0.3) is 0 Å². The summed E-state index contributed by atoms with van der Waals surface area (Å²) >= 11 is 1.07. The SMILES string of the molecule is O=C(Oc1ccc(F)cc1)SCc1ccccc1. The Morgan fingerprint density at radius 1 is 1.06 bits per heavy atom. The van der Waals surface area contributed by atoms with E-state index in [1.165, 1.54) is 24.3 Å². The van der Waals surface area contributed by atoms with E-state index in [4.69, 9.17) is 4.74 Å². The summed E-state index contributed by atoms with van der Waals surface area (Å²) in [5, 5.41) is -0.398. The molecule has 0 heterocycles. The molecule has 0 atom stereocenters. The van der Waals surface area contributed by atoms with Gasteiger partial charge in [-0.05, 0) is 41.6 Å². The first-order valence-corrected chi connectivity index (χ1v) is 6.37. The standard InChI is InChI=1S/C14H11FO2S/c15-12-6-8-13(9-7-12)17-14(16)18-10-11-4-2-1-3-5-11/h1-9H,10H2. The van der Waals surface area contributed by atoms with Crippen molar-refractivity contribution in [2.45, 2.75) is 5.75 Å². The number of carbonyl (C=O) groups excluding carboxylic acids is 1. The summed E-state index contributed by atoms with van der Waals surface area (Å²) in [5.41, 5.74) is 1.05. The third-order valence-corrected chi connectivity index (χ3v) is 3.01. The van der Waals surface area contributed by atoms with Crippen molar-refractivity contribution < 1.29 is 13.9 Å². The second-order valence-corrected chi connectivity index (χ2v) is 4.49. The van der Waals surface area contributed by atoms with Gasteiger partial charge in [-0.25, -0.2) is 9.18 Å². The van der Waals surface area contributed by atoms with Gasteiger partial charge in [0.1, 0.15) is 11.6 Å². The molecule has 4 heteroatoms. The van der Waals surface area contributed by atoms with E-state index in [1.54, 1.807) is 0 Å². The predicted octanol–water partition coefficient (Wildman–Crippen LogP) is 4.26. The highest BCUT2D eigenvalue weighted by Gasteiger charge is 2.06. The Balaban J connectivity index is 1.84. The summed E-state index contributed by atoms with van der Waals surface area (Å²) in [6.45, 7) is 0. The first-order chi connectivity index (χ1) is 8.74. The minimum absolute atomic E-state index is 0.349. The van der Waals surface area contributed by atoms with Crippen LogP contribution in [0.4, 0.5) is 9.18 Å². The van der Waals surface area contributed by atoms with Gasteiger partial charge in [-0.3, -0.25) is 0 Å². The average molecular weight is 262 g/mol. The molecule has 0 aromatic heterocycles. The number of rotatable bonds is 3. The molecule has 2 nitrogen and oxygen atoms in total. The van der Waals surface area contributed by atoms with Crippen molar-refractivity contribution in [3.05, 3.63) is 66.0 Å². The number of thioether (sulfide) groups is 1. The van der Waals surface area contributed by atoms with E-state index in [1.807, 2.05) is 30.3 Å². The maximum absolute atomic E-state index is 12.6. The number of hydrogen-bond donors (Lipinski definition) is 0. The van der Waals surface area contributed by atoms with Gasteiger partial charge in [0.05, 0.1) is 0 Å². The van der Waals surface area contributed by atoms with Gasteiger partial charge in [-0.2, -0.15) is 0 Å². The summed E-state index contributed by atoms with van der Waals surface area (Å²) in [6.07, 6.45) is 0. The Labute approximate surface area is 109 Å². The third-order valence-electron chi connectivity index (χ3n) is 2.21. The molecular weight excluding hydrogens is 251 g/mol. The highest BCUT2D eigenvalue weighted by atomic mass is 32.2. The number of hydrogen-bond acceptors (Lipinski definition) is 3. The molecule has 0 fully saturated rings. The predicted molar refractivity (Wildman–Crippen MR) is 70.2 cm³/mol. The smallest absolute Gasteiger partial charge is 0.373 e. The molecule has 0 saturated carbocycles. The Kier molecular flexibility index (Phi) is 4.36. The molecule has 0 aliphatic rings. The summed E-state index contributed by atoms with van der Waals surface area (Å²) in [5.74, 6) is 0.551. The van der Waals surface area contributed by atoms with Crippen LogP contribution in [-0.2, 0) is 5.75 Å². The van der Waals surface area contributed by atoms with Gasteiger partial charge in [0.2, 0.25) is 0 Å². The van der Waals surface area contributed by atoms with Gasteiger partial charge in [0, 0.05) is 5.75 Å².